The number of benzene rings is 1. The third kappa shape index (κ3) is 4.08. The van der Waals surface area contributed by atoms with E-state index < -0.39 is 11.5 Å². The van der Waals surface area contributed by atoms with Gasteiger partial charge in [0.2, 0.25) is 0 Å². The first-order valence-corrected chi connectivity index (χ1v) is 8.69. The SMILES string of the molecule is CCOc1cc(-c2c(C#N)c(N)[nH]c(=O)c2C#N)cc(Br)c1OCC(=O)OC. The van der Waals surface area contributed by atoms with Gasteiger partial charge >= 0.3 is 5.97 Å². The first-order valence-electron chi connectivity index (χ1n) is 7.90. The van der Waals surface area contributed by atoms with Crippen molar-refractivity contribution in [1.82, 2.24) is 4.98 Å². The highest BCUT2D eigenvalue weighted by Crippen LogP contribution is 2.41. The van der Waals surface area contributed by atoms with E-state index >= 15 is 0 Å². The van der Waals surface area contributed by atoms with Crippen LogP contribution >= 0.6 is 15.9 Å². The number of methoxy groups -OCH3 is 1. The van der Waals surface area contributed by atoms with Crippen molar-refractivity contribution < 1.29 is 19.0 Å². The molecule has 0 fully saturated rings. The Kier molecular flexibility index (Phi) is 6.64. The van der Waals surface area contributed by atoms with Crippen LogP contribution in [-0.4, -0.2) is 31.3 Å². The summed E-state index contributed by atoms with van der Waals surface area (Å²) < 4.78 is 15.9. The lowest BCUT2D eigenvalue weighted by Gasteiger charge is -2.16. The number of esters is 1. The van der Waals surface area contributed by atoms with E-state index in [0.717, 1.165) is 0 Å². The summed E-state index contributed by atoms with van der Waals surface area (Å²) in [5, 5.41) is 18.9. The maximum Gasteiger partial charge on any atom is 0.343 e. The summed E-state index contributed by atoms with van der Waals surface area (Å²) in [4.78, 5) is 25.8. The van der Waals surface area contributed by atoms with E-state index in [4.69, 9.17) is 15.2 Å². The predicted molar refractivity (Wildman–Crippen MR) is 103 cm³/mol. The molecule has 0 saturated carbocycles. The summed E-state index contributed by atoms with van der Waals surface area (Å²) in [5.74, 6) is -0.269. The molecule has 0 saturated heterocycles. The van der Waals surface area contributed by atoms with Crippen LogP contribution in [0.4, 0.5) is 5.82 Å². The number of pyridine rings is 1. The number of nitrogens with zero attached hydrogens (tertiary/aromatic N) is 2. The van der Waals surface area contributed by atoms with E-state index in [2.05, 4.69) is 25.7 Å². The van der Waals surface area contributed by atoms with Crippen LogP contribution in [-0.2, 0) is 9.53 Å². The molecule has 144 valence electrons. The topological polar surface area (TPSA) is 151 Å². The molecule has 0 spiro atoms. The Bertz CT molecular complexity index is 1070. The standard InChI is InChI=1S/C18H15BrN4O5/c1-3-27-13-5-9(4-12(19)16(13)28-8-14(24)26-2)15-10(6-20)17(22)23-18(25)11(15)7-21/h4-5H,3,8H2,1-2H3,(H3,22,23,25). The molecule has 0 aliphatic rings. The molecule has 1 aromatic heterocycles. The molecule has 1 heterocycles. The second kappa shape index (κ2) is 8.93. The number of aromatic nitrogens is 1. The summed E-state index contributed by atoms with van der Waals surface area (Å²) in [6.45, 7) is 1.68. The van der Waals surface area contributed by atoms with E-state index in [1.807, 2.05) is 6.07 Å². The zero-order valence-electron chi connectivity index (χ0n) is 15.0. The fourth-order valence-corrected chi connectivity index (χ4v) is 2.99. The smallest absolute Gasteiger partial charge is 0.343 e. The second-order valence-corrected chi connectivity index (χ2v) is 6.15. The minimum absolute atomic E-state index is 0.0475. The maximum absolute atomic E-state index is 12.1. The normalized spacial score (nSPS) is 9.89. The van der Waals surface area contributed by atoms with Crippen molar-refractivity contribution in [3.05, 3.63) is 38.1 Å². The Morgan fingerprint density at radius 1 is 1.25 bits per heavy atom. The summed E-state index contributed by atoms with van der Waals surface area (Å²) in [6, 6.07) is 6.73. The van der Waals surface area contributed by atoms with Gasteiger partial charge in [-0.15, -0.1) is 0 Å². The average molecular weight is 447 g/mol. The average Bonchev–Trinajstić information content (AvgIpc) is 2.66. The molecule has 0 aliphatic heterocycles. The fraction of sp³-hybridized carbons (Fsp3) is 0.222. The number of rotatable bonds is 6. The maximum atomic E-state index is 12.1. The van der Waals surface area contributed by atoms with Crippen LogP contribution in [0.2, 0.25) is 0 Å². The van der Waals surface area contributed by atoms with E-state index in [0.29, 0.717) is 10.0 Å². The summed E-state index contributed by atoms with van der Waals surface area (Å²) in [7, 11) is 1.23. The summed E-state index contributed by atoms with van der Waals surface area (Å²) in [6.07, 6.45) is 0. The van der Waals surface area contributed by atoms with Crippen LogP contribution in [0.1, 0.15) is 18.1 Å². The minimum Gasteiger partial charge on any atom is -0.490 e. The largest absolute Gasteiger partial charge is 0.490 e. The van der Waals surface area contributed by atoms with Gasteiger partial charge in [0.05, 0.1) is 18.2 Å². The first-order chi connectivity index (χ1) is 13.4. The number of nitrogens with two attached hydrogens (primary N) is 1. The third-order valence-corrected chi connectivity index (χ3v) is 4.22. The molecule has 0 aliphatic carbocycles. The number of halogens is 1. The number of aromatic amines is 1. The minimum atomic E-state index is -0.714. The van der Waals surface area contributed by atoms with Gasteiger partial charge in [-0.2, -0.15) is 10.5 Å². The van der Waals surface area contributed by atoms with Gasteiger partial charge in [-0.1, -0.05) is 0 Å². The molecule has 0 bridgehead atoms. The number of nitriles is 2. The molecule has 9 nitrogen and oxygen atoms in total. The van der Waals surface area contributed by atoms with Gasteiger partial charge in [0.15, 0.2) is 18.1 Å². The fourth-order valence-electron chi connectivity index (χ4n) is 2.44. The Hall–Kier alpha value is -3.50. The predicted octanol–water partition coefficient (Wildman–Crippen LogP) is 2.08. The monoisotopic (exact) mass is 446 g/mol. The zero-order valence-corrected chi connectivity index (χ0v) is 16.5. The molecule has 1 aromatic carbocycles. The van der Waals surface area contributed by atoms with Gasteiger partial charge in [0.1, 0.15) is 29.1 Å². The van der Waals surface area contributed by atoms with E-state index in [1.54, 1.807) is 13.0 Å². The van der Waals surface area contributed by atoms with Gasteiger partial charge < -0.3 is 24.9 Å². The molecule has 10 heteroatoms. The van der Waals surface area contributed by atoms with Gasteiger partial charge in [-0.25, -0.2) is 4.79 Å². The lowest BCUT2D eigenvalue weighted by molar-refractivity contribution is -0.142. The number of hydrogen-bond donors (Lipinski definition) is 2. The highest BCUT2D eigenvalue weighted by molar-refractivity contribution is 9.10. The number of anilines is 1. The molecule has 0 atom stereocenters. The third-order valence-electron chi connectivity index (χ3n) is 3.63. The number of hydrogen-bond acceptors (Lipinski definition) is 8. The van der Waals surface area contributed by atoms with Crippen molar-refractivity contribution in [3.63, 3.8) is 0 Å². The van der Waals surface area contributed by atoms with Gasteiger partial charge in [0.25, 0.3) is 5.56 Å². The van der Waals surface area contributed by atoms with Crippen LogP contribution in [0.5, 0.6) is 11.5 Å². The van der Waals surface area contributed by atoms with Crippen molar-refractivity contribution in [1.29, 1.82) is 10.5 Å². The van der Waals surface area contributed by atoms with Crippen LogP contribution in [0.3, 0.4) is 0 Å². The molecule has 28 heavy (non-hydrogen) atoms. The van der Waals surface area contributed by atoms with Crippen molar-refractivity contribution in [2.75, 3.05) is 26.1 Å². The number of nitrogen functional groups attached to an aromatic ring is 1. The Morgan fingerprint density at radius 3 is 2.50 bits per heavy atom. The van der Waals surface area contributed by atoms with Crippen molar-refractivity contribution >= 4 is 27.7 Å². The second-order valence-electron chi connectivity index (χ2n) is 5.30. The Morgan fingerprint density at radius 2 is 1.93 bits per heavy atom. The first kappa shape index (κ1) is 20.8. The zero-order chi connectivity index (χ0) is 20.8. The number of carbonyl (C=O) groups is 1. The number of H-pyrrole nitrogens is 1. The van der Waals surface area contributed by atoms with Crippen LogP contribution in [0.25, 0.3) is 11.1 Å². The van der Waals surface area contributed by atoms with Crippen molar-refractivity contribution in [2.45, 2.75) is 6.92 Å². The Labute approximate surface area is 168 Å². The number of ether oxygens (including phenoxy) is 3. The molecule has 0 unspecified atom stereocenters. The van der Waals surface area contributed by atoms with E-state index in [9.17, 15) is 20.1 Å². The van der Waals surface area contributed by atoms with Crippen LogP contribution in [0.15, 0.2) is 21.4 Å². The molecular formula is C18H15BrN4O5. The highest BCUT2D eigenvalue weighted by atomic mass is 79.9. The van der Waals surface area contributed by atoms with Gasteiger partial charge in [0, 0.05) is 5.56 Å². The molecule has 0 radical (unpaired) electrons. The van der Waals surface area contributed by atoms with Crippen LogP contribution in [0, 0.1) is 22.7 Å². The molecule has 0 amide bonds. The number of carbonyl (C=O) groups excluding carboxylic acids is 1. The summed E-state index contributed by atoms with van der Waals surface area (Å²) >= 11 is 3.33. The Balaban J connectivity index is 2.73. The highest BCUT2D eigenvalue weighted by Gasteiger charge is 2.22. The van der Waals surface area contributed by atoms with Gasteiger partial charge in [-0.3, -0.25) is 4.79 Å². The van der Waals surface area contributed by atoms with Crippen molar-refractivity contribution in [2.24, 2.45) is 0 Å². The quantitative estimate of drug-likeness (QED) is 0.639. The molecule has 2 rings (SSSR count). The molecule has 3 N–H and O–H groups in total. The van der Waals surface area contributed by atoms with E-state index in [-0.39, 0.29) is 47.2 Å². The molecule has 2 aromatic rings. The number of nitrogens with one attached hydrogen (secondary N) is 1. The van der Waals surface area contributed by atoms with Crippen molar-refractivity contribution in [3.8, 4) is 34.8 Å². The lowest BCUT2D eigenvalue weighted by Crippen LogP contribution is -2.16. The van der Waals surface area contributed by atoms with E-state index in [1.165, 1.54) is 19.2 Å². The van der Waals surface area contributed by atoms with Gasteiger partial charge in [-0.05, 0) is 40.5 Å². The molecular weight excluding hydrogens is 432 g/mol. The van der Waals surface area contributed by atoms with Crippen LogP contribution < -0.4 is 20.8 Å². The lowest BCUT2D eigenvalue weighted by atomic mass is 9.96. The summed E-state index contributed by atoms with van der Waals surface area (Å²) in [5.41, 5.74) is 5.14.